The fraction of sp³-hybridized carbons (Fsp3) is 0.227. The van der Waals surface area contributed by atoms with Gasteiger partial charge in [0, 0.05) is 17.0 Å². The van der Waals surface area contributed by atoms with Crippen molar-refractivity contribution in [3.8, 4) is 0 Å². The van der Waals surface area contributed by atoms with Crippen molar-refractivity contribution in [2.45, 2.75) is 25.7 Å². The Morgan fingerprint density at radius 2 is 1.96 bits per heavy atom. The summed E-state index contributed by atoms with van der Waals surface area (Å²) in [6.07, 6.45) is 14.7. The summed E-state index contributed by atoms with van der Waals surface area (Å²) in [5.74, 6) is 0. The third-order valence-electron chi connectivity index (χ3n) is 5.45. The Hall–Kier alpha value is -3.01. The van der Waals surface area contributed by atoms with Gasteiger partial charge in [-0.25, -0.2) is 4.98 Å². The van der Waals surface area contributed by atoms with E-state index in [1.54, 1.807) is 0 Å². The zero-order valence-electron chi connectivity index (χ0n) is 14.6. The van der Waals surface area contributed by atoms with Crippen molar-refractivity contribution < 1.29 is 0 Å². The maximum Gasteiger partial charge on any atom is 0.0720 e. The van der Waals surface area contributed by atoms with Crippen molar-refractivity contribution in [3.05, 3.63) is 65.0 Å². The largest absolute Gasteiger partial charge is 0.288 e. The van der Waals surface area contributed by atoms with Crippen LogP contribution in [0.5, 0.6) is 0 Å². The molecule has 0 bridgehead atoms. The van der Waals surface area contributed by atoms with Gasteiger partial charge >= 0.3 is 0 Å². The summed E-state index contributed by atoms with van der Waals surface area (Å²) in [6, 6.07) is 4.18. The number of nitrogens with zero attached hydrogens (tertiary/aromatic N) is 3. The van der Waals surface area contributed by atoms with Crippen molar-refractivity contribution in [3.63, 3.8) is 0 Å². The normalized spacial score (nSPS) is 16.9. The van der Waals surface area contributed by atoms with Crippen LogP contribution in [-0.2, 0) is 12.8 Å². The Labute approximate surface area is 152 Å². The monoisotopic (exact) mass is 340 g/mol. The highest BCUT2D eigenvalue weighted by molar-refractivity contribution is 6.07. The van der Waals surface area contributed by atoms with Gasteiger partial charge in [0.1, 0.15) is 0 Å². The number of hydrogen-bond donors (Lipinski definition) is 1. The number of aromatic nitrogens is 3. The predicted molar refractivity (Wildman–Crippen MR) is 108 cm³/mol. The number of fused-ring (bicyclic) bond motifs is 5. The zero-order valence-corrected chi connectivity index (χ0v) is 14.6. The molecule has 0 amide bonds. The van der Waals surface area contributed by atoms with Crippen molar-refractivity contribution >= 4 is 34.1 Å². The number of rotatable bonds is 3. The van der Waals surface area contributed by atoms with E-state index in [1.165, 1.54) is 40.3 Å². The second-order valence-electron chi connectivity index (χ2n) is 6.94. The van der Waals surface area contributed by atoms with Gasteiger partial charge < -0.3 is 0 Å². The fourth-order valence-corrected chi connectivity index (χ4v) is 4.13. The Morgan fingerprint density at radius 1 is 1.08 bits per heavy atom. The van der Waals surface area contributed by atoms with Crippen molar-refractivity contribution in [1.82, 2.24) is 15.2 Å². The maximum atomic E-state index is 5.01. The van der Waals surface area contributed by atoms with Crippen LogP contribution in [0.3, 0.4) is 0 Å². The van der Waals surface area contributed by atoms with Crippen LogP contribution in [0.4, 0.5) is 0 Å². The van der Waals surface area contributed by atoms with Gasteiger partial charge in [0.2, 0.25) is 0 Å². The molecule has 4 nitrogen and oxygen atoms in total. The molecular formula is C22H20N4. The summed E-state index contributed by atoms with van der Waals surface area (Å²) in [5, 5.41) is 9.78. The first-order valence-corrected chi connectivity index (χ1v) is 9.16. The van der Waals surface area contributed by atoms with E-state index in [1.807, 2.05) is 18.5 Å². The molecule has 128 valence electrons. The van der Waals surface area contributed by atoms with Gasteiger partial charge in [-0.15, -0.1) is 0 Å². The Kier molecular flexibility index (Phi) is 3.56. The van der Waals surface area contributed by atoms with E-state index in [4.69, 9.17) is 4.98 Å². The van der Waals surface area contributed by atoms with E-state index in [0.717, 1.165) is 41.7 Å². The highest BCUT2D eigenvalue weighted by Gasteiger charge is 2.19. The van der Waals surface area contributed by atoms with Gasteiger partial charge in [0.05, 0.1) is 29.5 Å². The molecule has 0 radical (unpaired) electrons. The first-order valence-electron chi connectivity index (χ1n) is 9.16. The lowest BCUT2D eigenvalue weighted by Crippen LogP contribution is -2.08. The molecule has 0 saturated heterocycles. The van der Waals surface area contributed by atoms with E-state index in [9.17, 15) is 0 Å². The lowest BCUT2D eigenvalue weighted by Gasteiger charge is -2.20. The second-order valence-corrected chi connectivity index (χ2v) is 6.94. The highest BCUT2D eigenvalue weighted by Crippen LogP contribution is 2.34. The lowest BCUT2D eigenvalue weighted by molar-refractivity contribution is 0.686. The molecule has 1 aliphatic heterocycles. The molecule has 1 aliphatic carbocycles. The fourth-order valence-electron chi connectivity index (χ4n) is 4.13. The smallest absolute Gasteiger partial charge is 0.0720 e. The molecule has 0 spiro atoms. The maximum absolute atomic E-state index is 5.01. The third kappa shape index (κ3) is 2.33. The molecule has 2 aromatic heterocycles. The van der Waals surface area contributed by atoms with Crippen LogP contribution < -0.4 is 0 Å². The van der Waals surface area contributed by atoms with Gasteiger partial charge in [-0.1, -0.05) is 18.7 Å². The molecule has 2 aliphatic rings. The lowest BCUT2D eigenvalue weighted by atomic mass is 9.87. The van der Waals surface area contributed by atoms with Gasteiger partial charge in [0.25, 0.3) is 0 Å². The molecule has 0 fully saturated rings. The molecule has 1 aromatic carbocycles. The number of hydrogen-bond acceptors (Lipinski definition) is 3. The van der Waals surface area contributed by atoms with Crippen LogP contribution >= 0.6 is 0 Å². The van der Waals surface area contributed by atoms with E-state index >= 15 is 0 Å². The van der Waals surface area contributed by atoms with Gasteiger partial charge in [0.15, 0.2) is 0 Å². The molecule has 26 heavy (non-hydrogen) atoms. The number of H-pyrrole nitrogens is 1. The summed E-state index contributed by atoms with van der Waals surface area (Å²) < 4.78 is 0. The van der Waals surface area contributed by atoms with Crippen LogP contribution in [0.15, 0.2) is 53.2 Å². The first kappa shape index (κ1) is 15.3. The minimum Gasteiger partial charge on any atom is -0.288 e. The minimum absolute atomic E-state index is 0.727. The van der Waals surface area contributed by atoms with Gasteiger partial charge in [-0.05, 0) is 66.2 Å². The Balaban J connectivity index is 1.72. The standard InChI is InChI=1S/C22H20N4/c1-2-14-11-23-12-15(14)7-8-19-16-5-3-4-6-17(16)22-18-13-24-26-20(18)9-10-21(22)25-19/h2,7-10,12-13H,1,3-6,11H2,(H,24,26)/b8-7+. The quantitative estimate of drug-likeness (QED) is 0.759. The molecule has 3 aromatic rings. The SMILES string of the molecule is C=CC1=C(/C=C/c2nc3ccc4[nH]ncc4c3c3c2CCCC3)C=NC1. The van der Waals surface area contributed by atoms with Crippen LogP contribution in [0.1, 0.15) is 29.7 Å². The van der Waals surface area contributed by atoms with Crippen molar-refractivity contribution in [2.24, 2.45) is 4.99 Å². The van der Waals surface area contributed by atoms with E-state index in [0.29, 0.717) is 0 Å². The summed E-state index contributed by atoms with van der Waals surface area (Å²) in [6.45, 7) is 4.61. The number of pyridine rings is 1. The second kappa shape index (κ2) is 6.06. The number of allylic oxidation sites excluding steroid dienone is 2. The highest BCUT2D eigenvalue weighted by atomic mass is 15.1. The van der Waals surface area contributed by atoms with Crippen LogP contribution in [0.2, 0.25) is 0 Å². The molecule has 5 rings (SSSR count). The molecule has 1 N–H and O–H groups in total. The number of nitrogens with one attached hydrogen (secondary N) is 1. The summed E-state index contributed by atoms with van der Waals surface area (Å²) in [4.78, 5) is 9.35. The van der Waals surface area contributed by atoms with E-state index in [2.05, 4.69) is 46.1 Å². The van der Waals surface area contributed by atoms with E-state index < -0.39 is 0 Å². The zero-order chi connectivity index (χ0) is 17.5. The third-order valence-corrected chi connectivity index (χ3v) is 5.45. The van der Waals surface area contributed by atoms with Crippen molar-refractivity contribution in [2.75, 3.05) is 6.54 Å². The summed E-state index contributed by atoms with van der Waals surface area (Å²) in [7, 11) is 0. The van der Waals surface area contributed by atoms with Gasteiger partial charge in [-0.3, -0.25) is 10.1 Å². The van der Waals surface area contributed by atoms with Crippen LogP contribution in [-0.4, -0.2) is 27.9 Å². The molecule has 3 heterocycles. The minimum atomic E-state index is 0.727. The molecule has 0 saturated carbocycles. The molecular weight excluding hydrogens is 320 g/mol. The molecule has 4 heteroatoms. The van der Waals surface area contributed by atoms with Crippen LogP contribution in [0, 0.1) is 0 Å². The van der Waals surface area contributed by atoms with Gasteiger partial charge in [-0.2, -0.15) is 5.10 Å². The topological polar surface area (TPSA) is 53.9 Å². The summed E-state index contributed by atoms with van der Waals surface area (Å²) in [5.41, 5.74) is 8.38. The van der Waals surface area contributed by atoms with Crippen molar-refractivity contribution in [1.29, 1.82) is 0 Å². The summed E-state index contributed by atoms with van der Waals surface area (Å²) >= 11 is 0. The average Bonchev–Trinajstić information content (AvgIpc) is 3.34. The van der Waals surface area contributed by atoms with Crippen LogP contribution in [0.25, 0.3) is 27.9 Å². The van der Waals surface area contributed by atoms with E-state index in [-0.39, 0.29) is 0 Å². The Bertz CT molecular complexity index is 1130. The number of aryl methyl sites for hydroxylation is 1. The first-order chi connectivity index (χ1) is 12.8. The number of aromatic amines is 1. The average molecular weight is 340 g/mol. The Morgan fingerprint density at radius 3 is 2.85 bits per heavy atom. The number of aliphatic imine (C=N–C) groups is 1. The number of benzene rings is 1. The molecule has 0 atom stereocenters. The molecule has 0 unspecified atom stereocenters. The predicted octanol–water partition coefficient (Wildman–Crippen LogP) is 4.57.